The van der Waals surface area contributed by atoms with E-state index in [-0.39, 0.29) is 17.8 Å². The molecule has 15 heavy (non-hydrogen) atoms. The van der Waals surface area contributed by atoms with Crippen LogP contribution in [0.3, 0.4) is 0 Å². The highest BCUT2D eigenvalue weighted by Crippen LogP contribution is 2.26. The van der Waals surface area contributed by atoms with E-state index in [1.165, 1.54) is 14.0 Å². The lowest BCUT2D eigenvalue weighted by atomic mass is 9.95. The van der Waals surface area contributed by atoms with Crippen molar-refractivity contribution in [2.45, 2.75) is 51.6 Å². The highest BCUT2D eigenvalue weighted by molar-refractivity contribution is 5.80. The van der Waals surface area contributed by atoms with Crippen molar-refractivity contribution in [2.75, 3.05) is 7.11 Å². The van der Waals surface area contributed by atoms with Crippen molar-refractivity contribution < 1.29 is 19.4 Å². The van der Waals surface area contributed by atoms with E-state index in [1.807, 2.05) is 6.92 Å². The van der Waals surface area contributed by atoms with E-state index >= 15 is 0 Å². The topological polar surface area (TPSA) is 55.8 Å². The zero-order valence-electron chi connectivity index (χ0n) is 9.60. The molecule has 1 heterocycles. The largest absolute Gasteiger partial charge is 0.374 e. The van der Waals surface area contributed by atoms with Gasteiger partial charge in [-0.3, -0.25) is 4.79 Å². The summed E-state index contributed by atoms with van der Waals surface area (Å²) in [5.74, 6) is 0.189. The van der Waals surface area contributed by atoms with E-state index in [0.717, 1.165) is 12.8 Å². The molecule has 0 aromatic rings. The van der Waals surface area contributed by atoms with E-state index < -0.39 is 12.4 Å². The van der Waals surface area contributed by atoms with Crippen LogP contribution in [0.5, 0.6) is 0 Å². The van der Waals surface area contributed by atoms with Crippen LogP contribution in [-0.4, -0.2) is 36.5 Å². The summed E-state index contributed by atoms with van der Waals surface area (Å²) in [7, 11) is 1.52. The fraction of sp³-hybridized carbons (Fsp3) is 0.909. The minimum Gasteiger partial charge on any atom is -0.374 e. The van der Waals surface area contributed by atoms with Gasteiger partial charge in [0.1, 0.15) is 6.10 Å². The van der Waals surface area contributed by atoms with Crippen molar-refractivity contribution in [2.24, 2.45) is 5.92 Å². The standard InChI is InChI=1S/C11H20O4/c1-7-4-5-9(15-11(7)13)6-10(14-3)8(2)12/h7,9-11,13H,4-6H2,1-3H3/t7-,9+,10+,11+/m1/s1. The van der Waals surface area contributed by atoms with Gasteiger partial charge in [-0.25, -0.2) is 0 Å². The van der Waals surface area contributed by atoms with Gasteiger partial charge < -0.3 is 14.6 Å². The van der Waals surface area contributed by atoms with Crippen molar-refractivity contribution >= 4 is 5.78 Å². The zero-order valence-corrected chi connectivity index (χ0v) is 9.60. The Morgan fingerprint density at radius 1 is 1.60 bits per heavy atom. The predicted octanol–water partition coefficient (Wildman–Crippen LogP) is 1.11. The molecular weight excluding hydrogens is 196 g/mol. The number of carbonyl (C=O) groups excluding carboxylic acids is 1. The third-order valence-electron chi connectivity index (χ3n) is 2.98. The number of aliphatic hydroxyl groups is 1. The number of ketones is 1. The number of carbonyl (C=O) groups is 1. The van der Waals surface area contributed by atoms with E-state index in [1.54, 1.807) is 0 Å². The quantitative estimate of drug-likeness (QED) is 0.765. The molecule has 0 spiro atoms. The van der Waals surface area contributed by atoms with Crippen LogP contribution in [0.1, 0.15) is 33.1 Å². The lowest BCUT2D eigenvalue weighted by Crippen LogP contribution is -2.37. The van der Waals surface area contributed by atoms with Gasteiger partial charge in [-0.05, 0) is 19.8 Å². The summed E-state index contributed by atoms with van der Waals surface area (Å²) in [5, 5.41) is 9.52. The molecule has 1 aliphatic rings. The molecule has 4 atom stereocenters. The normalized spacial score (nSPS) is 33.7. The van der Waals surface area contributed by atoms with Crippen LogP contribution in [0.25, 0.3) is 0 Å². The molecule has 0 radical (unpaired) electrons. The molecule has 0 aromatic heterocycles. The van der Waals surface area contributed by atoms with Gasteiger partial charge in [-0.1, -0.05) is 6.92 Å². The summed E-state index contributed by atoms with van der Waals surface area (Å²) in [6.07, 6.45) is 1.18. The Kier molecular flexibility index (Phi) is 4.70. The summed E-state index contributed by atoms with van der Waals surface area (Å²) in [6, 6.07) is 0. The van der Waals surface area contributed by atoms with Gasteiger partial charge in [0.15, 0.2) is 12.1 Å². The molecule has 4 nitrogen and oxygen atoms in total. The van der Waals surface area contributed by atoms with E-state index in [4.69, 9.17) is 9.47 Å². The smallest absolute Gasteiger partial charge is 0.158 e. The van der Waals surface area contributed by atoms with E-state index in [0.29, 0.717) is 6.42 Å². The number of hydrogen-bond acceptors (Lipinski definition) is 4. The number of Topliss-reactive ketones (excluding diaryl/α,β-unsaturated/α-hetero) is 1. The fourth-order valence-corrected chi connectivity index (χ4v) is 1.83. The van der Waals surface area contributed by atoms with E-state index in [2.05, 4.69) is 0 Å². The van der Waals surface area contributed by atoms with Gasteiger partial charge in [0, 0.05) is 19.4 Å². The maximum absolute atomic E-state index is 11.2. The van der Waals surface area contributed by atoms with Gasteiger partial charge in [0.25, 0.3) is 0 Å². The average molecular weight is 216 g/mol. The highest BCUT2D eigenvalue weighted by atomic mass is 16.6. The lowest BCUT2D eigenvalue weighted by molar-refractivity contribution is -0.196. The summed E-state index contributed by atoms with van der Waals surface area (Å²) in [5.41, 5.74) is 0. The zero-order chi connectivity index (χ0) is 11.4. The van der Waals surface area contributed by atoms with Crippen LogP contribution in [0.2, 0.25) is 0 Å². The molecule has 0 aromatic carbocycles. The third kappa shape index (κ3) is 3.55. The van der Waals surface area contributed by atoms with Crippen LogP contribution in [0.4, 0.5) is 0 Å². The van der Waals surface area contributed by atoms with Crippen LogP contribution in [0, 0.1) is 5.92 Å². The second-order valence-corrected chi connectivity index (χ2v) is 4.27. The maximum Gasteiger partial charge on any atom is 0.158 e. The molecule has 4 heteroatoms. The number of hydrogen-bond donors (Lipinski definition) is 1. The monoisotopic (exact) mass is 216 g/mol. The van der Waals surface area contributed by atoms with Crippen molar-refractivity contribution in [1.29, 1.82) is 0 Å². The second kappa shape index (κ2) is 5.58. The van der Waals surface area contributed by atoms with Crippen molar-refractivity contribution in [3.8, 4) is 0 Å². The molecule has 0 aliphatic carbocycles. The Balaban J connectivity index is 2.42. The third-order valence-corrected chi connectivity index (χ3v) is 2.98. The fourth-order valence-electron chi connectivity index (χ4n) is 1.83. The molecule has 88 valence electrons. The molecule has 1 saturated heterocycles. The molecule has 0 saturated carbocycles. The van der Waals surface area contributed by atoms with Crippen LogP contribution < -0.4 is 0 Å². The molecule has 1 N–H and O–H groups in total. The summed E-state index contributed by atoms with van der Waals surface area (Å²) in [4.78, 5) is 11.2. The second-order valence-electron chi connectivity index (χ2n) is 4.27. The van der Waals surface area contributed by atoms with Crippen molar-refractivity contribution in [3.05, 3.63) is 0 Å². The Hall–Kier alpha value is -0.450. The van der Waals surface area contributed by atoms with Gasteiger partial charge in [0.05, 0.1) is 6.10 Å². The van der Waals surface area contributed by atoms with E-state index in [9.17, 15) is 9.90 Å². The van der Waals surface area contributed by atoms with Crippen LogP contribution in [0.15, 0.2) is 0 Å². The van der Waals surface area contributed by atoms with Gasteiger partial charge in [0.2, 0.25) is 0 Å². The first-order chi connectivity index (χ1) is 7.04. The molecule has 0 unspecified atom stereocenters. The van der Waals surface area contributed by atoms with Gasteiger partial charge in [-0.15, -0.1) is 0 Å². The minimum absolute atomic E-state index is 0.00853. The van der Waals surface area contributed by atoms with Gasteiger partial charge in [-0.2, -0.15) is 0 Å². The lowest BCUT2D eigenvalue weighted by Gasteiger charge is -2.32. The summed E-state index contributed by atoms with van der Waals surface area (Å²) in [6.45, 7) is 3.47. The maximum atomic E-state index is 11.2. The first-order valence-corrected chi connectivity index (χ1v) is 5.41. The highest BCUT2D eigenvalue weighted by Gasteiger charge is 2.29. The molecule has 0 amide bonds. The molecule has 0 bridgehead atoms. The summed E-state index contributed by atoms with van der Waals surface area (Å²) >= 11 is 0. The van der Waals surface area contributed by atoms with Crippen LogP contribution >= 0.6 is 0 Å². The Morgan fingerprint density at radius 2 is 2.27 bits per heavy atom. The average Bonchev–Trinajstić information content (AvgIpc) is 2.19. The summed E-state index contributed by atoms with van der Waals surface area (Å²) < 4.78 is 10.5. The number of rotatable bonds is 4. The van der Waals surface area contributed by atoms with Crippen molar-refractivity contribution in [1.82, 2.24) is 0 Å². The molecular formula is C11H20O4. The predicted molar refractivity (Wildman–Crippen MR) is 55.4 cm³/mol. The van der Waals surface area contributed by atoms with Crippen LogP contribution in [-0.2, 0) is 14.3 Å². The molecule has 1 rings (SSSR count). The first-order valence-electron chi connectivity index (χ1n) is 5.41. The molecule has 1 fully saturated rings. The number of methoxy groups -OCH3 is 1. The number of ether oxygens (including phenoxy) is 2. The Morgan fingerprint density at radius 3 is 2.73 bits per heavy atom. The SMILES string of the molecule is CO[C@@H](C[C@@H]1CC[C@@H](C)[C@@H](O)O1)C(C)=O. The van der Waals surface area contributed by atoms with Crippen molar-refractivity contribution in [3.63, 3.8) is 0 Å². The minimum atomic E-state index is -0.701. The number of aliphatic hydroxyl groups excluding tert-OH is 1. The Labute approximate surface area is 90.6 Å². The van der Waals surface area contributed by atoms with Gasteiger partial charge >= 0.3 is 0 Å². The Bertz CT molecular complexity index is 217. The first kappa shape index (κ1) is 12.6. The molecule has 1 aliphatic heterocycles.